The number of ether oxygens (including phenoxy) is 3. The van der Waals surface area contributed by atoms with Crippen LogP contribution in [0.4, 0.5) is 0 Å². The van der Waals surface area contributed by atoms with Crippen LogP contribution in [-0.2, 0) is 20.7 Å². The fraction of sp³-hybridized carbons (Fsp3) is 0.588. The second kappa shape index (κ2) is 8.15. The van der Waals surface area contributed by atoms with Crippen LogP contribution in [0, 0.1) is 0 Å². The minimum atomic E-state index is -0.561. The van der Waals surface area contributed by atoms with Crippen molar-refractivity contribution in [1.82, 2.24) is 5.32 Å². The number of hydrogen-bond donors (Lipinski definition) is 1. The van der Waals surface area contributed by atoms with Gasteiger partial charge in [0.25, 0.3) is 0 Å². The van der Waals surface area contributed by atoms with Gasteiger partial charge in [-0.3, -0.25) is 4.79 Å². The number of methoxy groups -OCH3 is 1. The van der Waals surface area contributed by atoms with E-state index in [1.54, 1.807) is 7.11 Å². The molecule has 122 valence electrons. The Kier molecular flexibility index (Phi) is 6.21. The highest BCUT2D eigenvalue weighted by Gasteiger charge is 2.28. The molecule has 1 heterocycles. The highest BCUT2D eigenvalue weighted by atomic mass is 16.7. The van der Waals surface area contributed by atoms with Crippen LogP contribution in [-0.4, -0.2) is 38.6 Å². The molecule has 5 nitrogen and oxygen atoms in total. The first-order valence-electron chi connectivity index (χ1n) is 7.79. The van der Waals surface area contributed by atoms with Gasteiger partial charge in [-0.05, 0) is 31.4 Å². The molecule has 1 amide bonds. The van der Waals surface area contributed by atoms with Crippen molar-refractivity contribution in [2.24, 2.45) is 0 Å². The lowest BCUT2D eigenvalue weighted by Crippen LogP contribution is -2.41. The van der Waals surface area contributed by atoms with Gasteiger partial charge in [0, 0.05) is 19.4 Å². The van der Waals surface area contributed by atoms with E-state index >= 15 is 0 Å². The van der Waals surface area contributed by atoms with E-state index in [2.05, 4.69) is 5.32 Å². The Labute approximate surface area is 131 Å². The van der Waals surface area contributed by atoms with Crippen LogP contribution in [0.3, 0.4) is 0 Å². The molecule has 0 unspecified atom stereocenters. The molecule has 0 aliphatic carbocycles. The van der Waals surface area contributed by atoms with Gasteiger partial charge in [-0.25, -0.2) is 0 Å². The van der Waals surface area contributed by atoms with Gasteiger partial charge in [0.15, 0.2) is 5.79 Å². The average Bonchev–Trinajstić information content (AvgIpc) is 2.53. The zero-order chi connectivity index (χ0) is 15.8. The topological polar surface area (TPSA) is 56.8 Å². The maximum absolute atomic E-state index is 11.9. The molecule has 1 aliphatic rings. The number of amides is 1. The standard InChI is InChI=1S/C17H25NO4/c1-17(21-12-5-13-22-17)10-11-18-16(19)9-8-14-6-3-4-7-15(14)20-2/h3-4,6-7H,5,8-13H2,1-2H3,(H,18,19). The zero-order valence-electron chi connectivity index (χ0n) is 13.4. The van der Waals surface area contributed by atoms with Crippen LogP contribution in [0.5, 0.6) is 5.75 Å². The Balaban J connectivity index is 1.69. The van der Waals surface area contributed by atoms with Gasteiger partial charge in [-0.2, -0.15) is 0 Å². The van der Waals surface area contributed by atoms with E-state index in [1.165, 1.54) is 0 Å². The van der Waals surface area contributed by atoms with Crippen LogP contribution in [0.25, 0.3) is 0 Å². The van der Waals surface area contributed by atoms with Crippen molar-refractivity contribution < 1.29 is 19.0 Å². The smallest absolute Gasteiger partial charge is 0.220 e. The number of carbonyl (C=O) groups is 1. The van der Waals surface area contributed by atoms with E-state index in [4.69, 9.17) is 14.2 Å². The lowest BCUT2D eigenvalue weighted by molar-refractivity contribution is -0.257. The van der Waals surface area contributed by atoms with Crippen LogP contribution in [0.1, 0.15) is 31.7 Å². The number of hydrogen-bond acceptors (Lipinski definition) is 4. The molecule has 0 saturated carbocycles. The van der Waals surface area contributed by atoms with E-state index in [-0.39, 0.29) is 5.91 Å². The summed E-state index contributed by atoms with van der Waals surface area (Å²) in [4.78, 5) is 11.9. The third-order valence-electron chi connectivity index (χ3n) is 3.82. The lowest BCUT2D eigenvalue weighted by Gasteiger charge is -2.33. The Morgan fingerprint density at radius 3 is 2.77 bits per heavy atom. The summed E-state index contributed by atoms with van der Waals surface area (Å²) >= 11 is 0. The largest absolute Gasteiger partial charge is 0.496 e. The molecule has 0 atom stereocenters. The van der Waals surface area contributed by atoms with Gasteiger partial charge in [-0.15, -0.1) is 0 Å². The second-order valence-electron chi connectivity index (χ2n) is 5.60. The van der Waals surface area contributed by atoms with Crippen LogP contribution < -0.4 is 10.1 Å². The molecule has 0 aromatic heterocycles. The quantitative estimate of drug-likeness (QED) is 0.839. The summed E-state index contributed by atoms with van der Waals surface area (Å²) in [7, 11) is 1.64. The summed E-state index contributed by atoms with van der Waals surface area (Å²) in [6.45, 7) is 3.92. The molecule has 1 saturated heterocycles. The first-order valence-corrected chi connectivity index (χ1v) is 7.79. The van der Waals surface area contributed by atoms with Crippen molar-refractivity contribution in [1.29, 1.82) is 0 Å². The second-order valence-corrected chi connectivity index (χ2v) is 5.60. The van der Waals surface area contributed by atoms with Crippen molar-refractivity contribution in [3.63, 3.8) is 0 Å². The maximum Gasteiger partial charge on any atom is 0.220 e. The molecule has 2 rings (SSSR count). The Hall–Kier alpha value is -1.59. The monoisotopic (exact) mass is 307 g/mol. The minimum Gasteiger partial charge on any atom is -0.496 e. The normalized spacial score (nSPS) is 17.0. The Morgan fingerprint density at radius 1 is 1.32 bits per heavy atom. The number of benzene rings is 1. The fourth-order valence-corrected chi connectivity index (χ4v) is 2.50. The van der Waals surface area contributed by atoms with Gasteiger partial charge in [-0.1, -0.05) is 18.2 Å². The summed E-state index contributed by atoms with van der Waals surface area (Å²) in [5.41, 5.74) is 1.05. The van der Waals surface area contributed by atoms with Crippen molar-refractivity contribution in [3.05, 3.63) is 29.8 Å². The summed E-state index contributed by atoms with van der Waals surface area (Å²) < 4.78 is 16.5. The molecular formula is C17H25NO4. The van der Waals surface area contributed by atoms with E-state index in [0.29, 0.717) is 25.8 Å². The predicted molar refractivity (Wildman–Crippen MR) is 83.9 cm³/mol. The van der Waals surface area contributed by atoms with E-state index in [0.717, 1.165) is 30.9 Å². The third-order valence-corrected chi connectivity index (χ3v) is 3.82. The number of carbonyl (C=O) groups excluding carboxylic acids is 1. The molecule has 0 radical (unpaired) electrons. The van der Waals surface area contributed by atoms with E-state index < -0.39 is 5.79 Å². The maximum atomic E-state index is 11.9. The number of rotatable bonds is 7. The summed E-state index contributed by atoms with van der Waals surface area (Å²) in [6, 6.07) is 7.77. The van der Waals surface area contributed by atoms with Crippen LogP contribution in [0.2, 0.25) is 0 Å². The third kappa shape index (κ3) is 5.00. The van der Waals surface area contributed by atoms with Gasteiger partial charge < -0.3 is 19.5 Å². The highest BCUT2D eigenvalue weighted by Crippen LogP contribution is 2.21. The minimum absolute atomic E-state index is 0.0327. The first kappa shape index (κ1) is 16.8. The van der Waals surface area contributed by atoms with E-state index in [1.807, 2.05) is 31.2 Å². The van der Waals surface area contributed by atoms with Crippen LogP contribution >= 0.6 is 0 Å². The van der Waals surface area contributed by atoms with Crippen LogP contribution in [0.15, 0.2) is 24.3 Å². The summed E-state index contributed by atoms with van der Waals surface area (Å²) in [6.07, 6.45) is 2.70. The molecule has 5 heteroatoms. The number of nitrogens with one attached hydrogen (secondary N) is 1. The van der Waals surface area contributed by atoms with Crippen molar-refractivity contribution in [3.8, 4) is 5.75 Å². The van der Waals surface area contributed by atoms with Gasteiger partial charge in [0.2, 0.25) is 5.91 Å². The molecule has 0 spiro atoms. The van der Waals surface area contributed by atoms with E-state index in [9.17, 15) is 4.79 Å². The summed E-state index contributed by atoms with van der Waals surface area (Å²) in [5.74, 6) is 0.297. The lowest BCUT2D eigenvalue weighted by atomic mass is 10.1. The molecule has 1 aromatic carbocycles. The predicted octanol–water partition coefficient (Wildman–Crippen LogP) is 2.29. The molecule has 1 N–H and O–H groups in total. The van der Waals surface area contributed by atoms with Crippen molar-refractivity contribution in [2.45, 2.75) is 38.4 Å². The Bertz CT molecular complexity index is 483. The first-order chi connectivity index (χ1) is 10.6. The van der Waals surface area contributed by atoms with Crippen molar-refractivity contribution >= 4 is 5.91 Å². The summed E-state index contributed by atoms with van der Waals surface area (Å²) in [5, 5.41) is 2.92. The SMILES string of the molecule is COc1ccccc1CCC(=O)NCCC1(C)OCCCO1. The van der Waals surface area contributed by atoms with Gasteiger partial charge >= 0.3 is 0 Å². The molecule has 1 aliphatic heterocycles. The molecule has 22 heavy (non-hydrogen) atoms. The van der Waals surface area contributed by atoms with Crippen molar-refractivity contribution in [2.75, 3.05) is 26.9 Å². The number of para-hydroxylation sites is 1. The number of aryl methyl sites for hydroxylation is 1. The average molecular weight is 307 g/mol. The molecule has 1 fully saturated rings. The zero-order valence-corrected chi connectivity index (χ0v) is 13.4. The highest BCUT2D eigenvalue weighted by molar-refractivity contribution is 5.76. The Morgan fingerprint density at radius 2 is 2.05 bits per heavy atom. The molecule has 0 bridgehead atoms. The molecule has 1 aromatic rings. The molecular weight excluding hydrogens is 282 g/mol. The fourth-order valence-electron chi connectivity index (χ4n) is 2.50. The van der Waals surface area contributed by atoms with Gasteiger partial charge in [0.05, 0.1) is 20.3 Å². The van der Waals surface area contributed by atoms with Gasteiger partial charge in [0.1, 0.15) is 5.75 Å².